The number of ether oxygens (including phenoxy) is 1. The summed E-state index contributed by atoms with van der Waals surface area (Å²) in [5, 5.41) is 13.1. The largest absolute Gasteiger partial charge is 0.481 e. The molecule has 2 amide bonds. The number of nitrogens with one attached hydrogen (secondary N) is 1. The van der Waals surface area contributed by atoms with Gasteiger partial charge in [-0.05, 0) is 47.5 Å². The molecule has 0 radical (unpaired) electrons. The van der Waals surface area contributed by atoms with Gasteiger partial charge in [-0.25, -0.2) is 9.78 Å². The van der Waals surface area contributed by atoms with Crippen molar-refractivity contribution in [3.63, 3.8) is 0 Å². The third-order valence-electron chi connectivity index (χ3n) is 4.98. The number of carbonyl (C=O) groups excluding carboxylic acids is 1. The van der Waals surface area contributed by atoms with Gasteiger partial charge in [-0.1, -0.05) is 23.7 Å². The van der Waals surface area contributed by atoms with Gasteiger partial charge in [0.25, 0.3) is 0 Å². The molecule has 2 N–H and O–H groups in total. The van der Waals surface area contributed by atoms with Crippen LogP contribution in [0, 0.1) is 0 Å². The molecule has 7 nitrogen and oxygen atoms in total. The van der Waals surface area contributed by atoms with Crippen LogP contribution in [-0.4, -0.2) is 46.7 Å². The summed E-state index contributed by atoms with van der Waals surface area (Å²) < 4.78 is 6.22. The maximum atomic E-state index is 11.9. The second kappa shape index (κ2) is 9.00. The number of methoxy groups -OCH3 is 1. The Labute approximate surface area is 182 Å². The minimum atomic E-state index is -1.07. The van der Waals surface area contributed by atoms with E-state index in [-0.39, 0.29) is 18.5 Å². The maximum Gasteiger partial charge on any atom is 0.407 e. The highest BCUT2D eigenvalue weighted by Gasteiger charge is 2.30. The second-order valence-electron chi connectivity index (χ2n) is 6.81. The van der Waals surface area contributed by atoms with E-state index < -0.39 is 12.1 Å². The van der Waals surface area contributed by atoms with Crippen molar-refractivity contribution in [2.45, 2.75) is 31.8 Å². The van der Waals surface area contributed by atoms with Crippen molar-refractivity contribution in [2.24, 2.45) is 0 Å². The van der Waals surface area contributed by atoms with Crippen molar-refractivity contribution in [1.29, 1.82) is 0 Å². The van der Waals surface area contributed by atoms with E-state index in [1.165, 1.54) is 12.0 Å². The molecule has 1 fully saturated rings. The standard InChI is InChI=1S/C20H21BrClN3O4/c1-11(25(20(27)28)10-12-6-9-17(26)23-12)13-7-8-16(24-19(13)29-2)14-4-3-5-15(21)18(14)22/h3-5,7-8,11-12H,6,9-10H2,1-2H3,(H,23,26)(H,27,28)/t11-,12+/m1/s1. The van der Waals surface area contributed by atoms with Crippen LogP contribution in [0.25, 0.3) is 11.3 Å². The van der Waals surface area contributed by atoms with E-state index in [1.54, 1.807) is 19.1 Å². The van der Waals surface area contributed by atoms with Crippen LogP contribution in [0.5, 0.6) is 5.88 Å². The van der Waals surface area contributed by atoms with Crippen LogP contribution in [0.3, 0.4) is 0 Å². The summed E-state index contributed by atoms with van der Waals surface area (Å²) in [6.45, 7) is 1.97. The minimum absolute atomic E-state index is 0.0532. The highest BCUT2D eigenvalue weighted by Crippen LogP contribution is 2.36. The Hall–Kier alpha value is -2.32. The number of hydrogen-bond donors (Lipinski definition) is 2. The minimum Gasteiger partial charge on any atom is -0.481 e. The Balaban J connectivity index is 1.91. The summed E-state index contributed by atoms with van der Waals surface area (Å²) in [5.41, 5.74) is 1.99. The molecule has 2 atom stereocenters. The average Bonchev–Trinajstić information content (AvgIpc) is 3.12. The predicted octanol–water partition coefficient (Wildman–Crippen LogP) is 4.49. The Morgan fingerprint density at radius 1 is 1.45 bits per heavy atom. The zero-order chi connectivity index (χ0) is 21.1. The zero-order valence-corrected chi connectivity index (χ0v) is 18.3. The molecule has 1 aliphatic heterocycles. The number of rotatable bonds is 6. The zero-order valence-electron chi connectivity index (χ0n) is 16.0. The number of aromatic nitrogens is 1. The van der Waals surface area contributed by atoms with Gasteiger partial charge >= 0.3 is 6.09 Å². The molecule has 0 saturated carbocycles. The molecule has 1 aromatic carbocycles. The maximum absolute atomic E-state index is 11.9. The average molecular weight is 483 g/mol. The van der Waals surface area contributed by atoms with Gasteiger partial charge in [0, 0.05) is 34.6 Å². The van der Waals surface area contributed by atoms with Crippen LogP contribution in [0.1, 0.15) is 31.4 Å². The van der Waals surface area contributed by atoms with Gasteiger partial charge in [0.15, 0.2) is 0 Å². The first-order valence-corrected chi connectivity index (χ1v) is 10.3. The van der Waals surface area contributed by atoms with Crippen LogP contribution in [-0.2, 0) is 4.79 Å². The van der Waals surface area contributed by atoms with Crippen LogP contribution in [0.2, 0.25) is 5.02 Å². The monoisotopic (exact) mass is 481 g/mol. The lowest BCUT2D eigenvalue weighted by atomic mass is 10.0. The normalized spacial score (nSPS) is 17.0. The number of carbonyl (C=O) groups is 2. The lowest BCUT2D eigenvalue weighted by Gasteiger charge is -2.29. The van der Waals surface area contributed by atoms with Crippen molar-refractivity contribution < 1.29 is 19.4 Å². The summed E-state index contributed by atoms with van der Waals surface area (Å²) >= 11 is 9.78. The molecule has 0 bridgehead atoms. The van der Waals surface area contributed by atoms with Gasteiger partial charge in [0.1, 0.15) is 0 Å². The van der Waals surface area contributed by atoms with Crippen molar-refractivity contribution in [3.8, 4) is 17.1 Å². The Morgan fingerprint density at radius 3 is 2.83 bits per heavy atom. The molecule has 1 saturated heterocycles. The SMILES string of the molecule is COc1nc(-c2cccc(Br)c2Cl)ccc1[C@@H](C)N(C[C@@H]1CCC(=O)N1)C(=O)O. The summed E-state index contributed by atoms with van der Waals surface area (Å²) in [4.78, 5) is 29.2. The molecule has 0 aliphatic carbocycles. The number of carboxylic acid groups (broad SMARTS) is 1. The van der Waals surface area contributed by atoms with Crippen molar-refractivity contribution in [3.05, 3.63) is 45.4 Å². The molecule has 0 unspecified atom stereocenters. The van der Waals surface area contributed by atoms with E-state index in [2.05, 4.69) is 26.2 Å². The molecule has 1 aromatic heterocycles. The first-order valence-electron chi connectivity index (χ1n) is 9.10. The first-order chi connectivity index (χ1) is 13.8. The van der Waals surface area contributed by atoms with Crippen molar-refractivity contribution in [1.82, 2.24) is 15.2 Å². The first kappa shape index (κ1) is 21.4. The van der Waals surface area contributed by atoms with Crippen molar-refractivity contribution >= 4 is 39.5 Å². The smallest absolute Gasteiger partial charge is 0.407 e. The van der Waals surface area contributed by atoms with Gasteiger partial charge in [-0.2, -0.15) is 0 Å². The van der Waals surface area contributed by atoms with Gasteiger partial charge in [-0.15, -0.1) is 0 Å². The fraction of sp³-hybridized carbons (Fsp3) is 0.350. The third-order valence-corrected chi connectivity index (χ3v) is 6.27. The number of nitrogens with zero attached hydrogens (tertiary/aromatic N) is 2. The van der Waals surface area contributed by atoms with E-state index in [0.717, 1.165) is 10.0 Å². The second-order valence-corrected chi connectivity index (χ2v) is 8.04. The molecule has 1 aliphatic rings. The summed E-state index contributed by atoms with van der Waals surface area (Å²) in [7, 11) is 1.49. The molecule has 3 rings (SSSR count). The third kappa shape index (κ3) is 4.64. The Morgan fingerprint density at radius 2 is 2.21 bits per heavy atom. The van der Waals surface area contributed by atoms with Gasteiger partial charge in [0.05, 0.1) is 23.9 Å². The van der Waals surface area contributed by atoms with E-state index in [0.29, 0.717) is 35.0 Å². The fourth-order valence-corrected chi connectivity index (χ4v) is 3.99. The number of pyridine rings is 1. The molecule has 0 spiro atoms. The number of halogens is 2. The Kier molecular flexibility index (Phi) is 6.64. The topological polar surface area (TPSA) is 91.8 Å². The summed E-state index contributed by atoms with van der Waals surface area (Å²) in [6, 6.07) is 8.43. The molecule has 29 heavy (non-hydrogen) atoms. The van der Waals surface area contributed by atoms with Gasteiger partial charge in [-0.3, -0.25) is 9.69 Å². The molecule has 2 heterocycles. The van der Waals surface area contributed by atoms with Gasteiger partial charge < -0.3 is 15.2 Å². The summed E-state index contributed by atoms with van der Waals surface area (Å²) in [5.74, 6) is 0.273. The fourth-order valence-electron chi connectivity index (χ4n) is 3.41. The number of benzene rings is 1. The van der Waals surface area contributed by atoms with E-state index in [1.807, 2.05) is 18.2 Å². The number of amides is 2. The molecular weight excluding hydrogens is 462 g/mol. The Bertz CT molecular complexity index is 940. The van der Waals surface area contributed by atoms with E-state index >= 15 is 0 Å². The van der Waals surface area contributed by atoms with Crippen LogP contribution >= 0.6 is 27.5 Å². The lowest BCUT2D eigenvalue weighted by Crippen LogP contribution is -2.42. The molecule has 154 valence electrons. The predicted molar refractivity (Wildman–Crippen MR) is 113 cm³/mol. The van der Waals surface area contributed by atoms with Crippen LogP contribution in [0.15, 0.2) is 34.8 Å². The van der Waals surface area contributed by atoms with Gasteiger partial charge in [0.2, 0.25) is 11.8 Å². The van der Waals surface area contributed by atoms with Crippen molar-refractivity contribution in [2.75, 3.05) is 13.7 Å². The molecule has 2 aromatic rings. The highest BCUT2D eigenvalue weighted by molar-refractivity contribution is 9.10. The quantitative estimate of drug-likeness (QED) is 0.633. The number of hydrogen-bond acceptors (Lipinski definition) is 4. The van der Waals surface area contributed by atoms with E-state index in [9.17, 15) is 14.7 Å². The lowest BCUT2D eigenvalue weighted by molar-refractivity contribution is -0.119. The van der Waals surface area contributed by atoms with Crippen LogP contribution < -0.4 is 10.1 Å². The van der Waals surface area contributed by atoms with Crippen LogP contribution in [0.4, 0.5) is 4.79 Å². The van der Waals surface area contributed by atoms with E-state index in [4.69, 9.17) is 16.3 Å². The summed E-state index contributed by atoms with van der Waals surface area (Å²) in [6.07, 6.45) is -0.0374. The molecular formula is C20H21BrClN3O4. The molecule has 9 heteroatoms. The highest BCUT2D eigenvalue weighted by atomic mass is 79.9.